The molecule has 10 heteroatoms. The molecule has 27 heavy (non-hydrogen) atoms. The Morgan fingerprint density at radius 2 is 1.85 bits per heavy atom. The second-order valence-electron chi connectivity index (χ2n) is 5.89. The number of hydrogen-bond acceptors (Lipinski definition) is 5. The lowest BCUT2D eigenvalue weighted by Crippen LogP contribution is -2.19. The van der Waals surface area contributed by atoms with Gasteiger partial charge >= 0.3 is 0 Å². The Balaban J connectivity index is 1.75. The summed E-state index contributed by atoms with van der Waals surface area (Å²) in [5, 5.41) is 16.3. The molecule has 0 amide bonds. The number of halogens is 2. The van der Waals surface area contributed by atoms with Gasteiger partial charge in [0, 0.05) is 22.0 Å². The van der Waals surface area contributed by atoms with E-state index in [1.807, 2.05) is 0 Å². The van der Waals surface area contributed by atoms with Gasteiger partial charge in [-0.3, -0.25) is 14.9 Å². The van der Waals surface area contributed by atoms with Gasteiger partial charge < -0.3 is 0 Å². The minimum absolute atomic E-state index is 0.276. The molecule has 0 saturated carbocycles. The monoisotopic (exact) mass is 401 g/mol. The highest BCUT2D eigenvalue weighted by Crippen LogP contribution is 2.24. The smallest absolute Gasteiger partial charge is 0.281 e. The van der Waals surface area contributed by atoms with Crippen molar-refractivity contribution in [3.05, 3.63) is 67.8 Å². The minimum atomic E-state index is -0.276. The van der Waals surface area contributed by atoms with E-state index in [1.165, 1.54) is 10.9 Å². The third-order valence-electron chi connectivity index (χ3n) is 3.94. The first-order valence-corrected chi connectivity index (χ1v) is 8.69. The second-order valence-corrected chi connectivity index (χ2v) is 6.76. The summed E-state index contributed by atoms with van der Waals surface area (Å²) in [5.41, 5.74) is 1.94. The molecule has 0 bridgehead atoms. The van der Waals surface area contributed by atoms with Gasteiger partial charge in [0.1, 0.15) is 0 Å². The summed E-state index contributed by atoms with van der Waals surface area (Å²) in [5.74, 6) is 1.05. The number of aryl methyl sites for hydroxylation is 2. The molecule has 0 aliphatic carbocycles. The lowest BCUT2D eigenvalue weighted by atomic mass is 10.3. The first-order valence-electron chi connectivity index (χ1n) is 7.93. The van der Waals surface area contributed by atoms with Crippen molar-refractivity contribution in [1.29, 1.82) is 0 Å². The number of benzene rings is 1. The maximum Gasteiger partial charge on any atom is 0.281 e. The second kappa shape index (κ2) is 6.64. The molecule has 0 radical (unpaired) electrons. The summed E-state index contributed by atoms with van der Waals surface area (Å²) in [6, 6.07) is 8.38. The fraction of sp³-hybridized carbons (Fsp3) is 0.118. The molecule has 136 valence electrons. The maximum atomic E-state index is 12.8. The van der Waals surface area contributed by atoms with Crippen LogP contribution in [0.4, 0.5) is 5.69 Å². The molecular weight excluding hydrogens is 389 g/mol. The SMILES string of the molecule is Cc1[nH]n(-c2ccc3nnc(C)n3n2)c(=O)c1C=Nc1cc(Cl)cc(Cl)c1. The van der Waals surface area contributed by atoms with Crippen LogP contribution < -0.4 is 5.56 Å². The van der Waals surface area contributed by atoms with E-state index in [0.717, 1.165) is 0 Å². The topological polar surface area (TPSA) is 93.2 Å². The van der Waals surface area contributed by atoms with E-state index in [4.69, 9.17) is 23.2 Å². The van der Waals surface area contributed by atoms with Crippen molar-refractivity contribution in [1.82, 2.24) is 29.6 Å². The molecule has 1 N–H and O–H groups in total. The number of aliphatic imine (C=N–C) groups is 1. The highest BCUT2D eigenvalue weighted by atomic mass is 35.5. The number of rotatable bonds is 3. The van der Waals surface area contributed by atoms with Crippen molar-refractivity contribution in [3.8, 4) is 5.82 Å². The Labute approximate surface area is 163 Å². The van der Waals surface area contributed by atoms with E-state index in [9.17, 15) is 4.79 Å². The van der Waals surface area contributed by atoms with Crippen molar-refractivity contribution in [2.24, 2.45) is 4.99 Å². The fourth-order valence-corrected chi connectivity index (χ4v) is 3.15. The van der Waals surface area contributed by atoms with Gasteiger partial charge in [-0.2, -0.15) is 9.20 Å². The third-order valence-corrected chi connectivity index (χ3v) is 4.38. The van der Waals surface area contributed by atoms with E-state index in [-0.39, 0.29) is 5.56 Å². The summed E-state index contributed by atoms with van der Waals surface area (Å²) in [6.07, 6.45) is 1.48. The van der Waals surface area contributed by atoms with Crippen LogP contribution in [0, 0.1) is 13.8 Å². The third kappa shape index (κ3) is 3.24. The zero-order valence-electron chi connectivity index (χ0n) is 14.3. The first-order chi connectivity index (χ1) is 12.9. The number of nitrogens with zero attached hydrogens (tertiary/aromatic N) is 6. The van der Waals surface area contributed by atoms with Crippen LogP contribution in [-0.2, 0) is 0 Å². The number of nitrogens with one attached hydrogen (secondary N) is 1. The molecule has 4 aromatic rings. The maximum absolute atomic E-state index is 12.8. The number of hydrogen-bond donors (Lipinski definition) is 1. The molecule has 0 saturated heterocycles. The van der Waals surface area contributed by atoms with Gasteiger partial charge in [0.15, 0.2) is 17.3 Å². The van der Waals surface area contributed by atoms with Gasteiger partial charge in [-0.1, -0.05) is 23.2 Å². The number of aromatic amines is 1. The summed E-state index contributed by atoms with van der Waals surface area (Å²) in [4.78, 5) is 17.1. The molecule has 8 nitrogen and oxygen atoms in total. The molecule has 3 heterocycles. The Morgan fingerprint density at radius 3 is 2.59 bits per heavy atom. The molecule has 4 rings (SSSR count). The highest BCUT2D eigenvalue weighted by Gasteiger charge is 2.13. The zero-order valence-corrected chi connectivity index (χ0v) is 15.8. The normalized spacial score (nSPS) is 11.7. The summed E-state index contributed by atoms with van der Waals surface area (Å²) < 4.78 is 2.92. The number of aromatic nitrogens is 6. The molecule has 1 aromatic carbocycles. The summed E-state index contributed by atoms with van der Waals surface area (Å²) in [6.45, 7) is 3.57. The van der Waals surface area contributed by atoms with Crippen LogP contribution >= 0.6 is 23.2 Å². The molecule has 0 spiro atoms. The van der Waals surface area contributed by atoms with Gasteiger partial charge in [0.25, 0.3) is 5.56 Å². The van der Waals surface area contributed by atoms with Crippen molar-refractivity contribution in [2.45, 2.75) is 13.8 Å². The van der Waals surface area contributed by atoms with Gasteiger partial charge in [-0.15, -0.1) is 15.3 Å². The standard InChI is InChI=1S/C17H13Cl2N7O/c1-9-14(8-20-13-6-11(18)5-12(19)7-13)17(27)26(23-9)16-4-3-15-22-21-10(2)25(15)24-16/h3-8,23H,1-2H3. The summed E-state index contributed by atoms with van der Waals surface area (Å²) in [7, 11) is 0. The van der Waals surface area contributed by atoms with Crippen LogP contribution in [0.5, 0.6) is 0 Å². The molecule has 0 unspecified atom stereocenters. The fourth-order valence-electron chi connectivity index (χ4n) is 2.63. The molecule has 0 fully saturated rings. The highest BCUT2D eigenvalue weighted by molar-refractivity contribution is 6.35. The average Bonchev–Trinajstić information content (AvgIpc) is 3.12. The van der Waals surface area contributed by atoms with E-state index in [0.29, 0.717) is 44.3 Å². The Kier molecular flexibility index (Phi) is 4.29. The quantitative estimate of drug-likeness (QED) is 0.533. The van der Waals surface area contributed by atoms with Crippen LogP contribution in [0.3, 0.4) is 0 Å². The van der Waals surface area contributed by atoms with Crippen molar-refractivity contribution < 1.29 is 0 Å². The Morgan fingerprint density at radius 1 is 1.11 bits per heavy atom. The van der Waals surface area contributed by atoms with Crippen molar-refractivity contribution in [3.63, 3.8) is 0 Å². The molecular formula is C17H13Cl2N7O. The largest absolute Gasteiger partial charge is 0.293 e. The minimum Gasteiger partial charge on any atom is -0.293 e. The van der Waals surface area contributed by atoms with Crippen molar-refractivity contribution in [2.75, 3.05) is 0 Å². The van der Waals surface area contributed by atoms with Crippen LogP contribution in [-0.4, -0.2) is 35.8 Å². The summed E-state index contributed by atoms with van der Waals surface area (Å²) >= 11 is 12.0. The zero-order chi connectivity index (χ0) is 19.1. The Bertz CT molecular complexity index is 1230. The Hall–Kier alpha value is -2.97. The number of H-pyrrole nitrogens is 1. The lowest BCUT2D eigenvalue weighted by molar-refractivity contribution is 0.755. The first kappa shape index (κ1) is 17.4. The molecule has 0 aliphatic rings. The van der Waals surface area contributed by atoms with E-state index in [1.54, 1.807) is 48.7 Å². The van der Waals surface area contributed by atoms with E-state index in [2.05, 4.69) is 25.4 Å². The van der Waals surface area contributed by atoms with Crippen LogP contribution in [0.1, 0.15) is 17.1 Å². The molecule has 3 aromatic heterocycles. The predicted octanol–water partition coefficient (Wildman–Crippen LogP) is 3.28. The van der Waals surface area contributed by atoms with Gasteiger partial charge in [0.2, 0.25) is 0 Å². The van der Waals surface area contributed by atoms with E-state index >= 15 is 0 Å². The lowest BCUT2D eigenvalue weighted by Gasteiger charge is -2.01. The predicted molar refractivity (Wildman–Crippen MR) is 104 cm³/mol. The van der Waals surface area contributed by atoms with Gasteiger partial charge in [0.05, 0.1) is 11.3 Å². The van der Waals surface area contributed by atoms with Crippen LogP contribution in [0.15, 0.2) is 40.1 Å². The van der Waals surface area contributed by atoms with Crippen LogP contribution in [0.2, 0.25) is 10.0 Å². The van der Waals surface area contributed by atoms with Crippen LogP contribution in [0.25, 0.3) is 11.5 Å². The van der Waals surface area contributed by atoms with Crippen molar-refractivity contribution >= 4 is 40.8 Å². The molecule has 0 atom stereocenters. The van der Waals surface area contributed by atoms with E-state index < -0.39 is 0 Å². The van der Waals surface area contributed by atoms with Gasteiger partial charge in [-0.05, 0) is 44.2 Å². The van der Waals surface area contributed by atoms with Gasteiger partial charge in [-0.25, -0.2) is 0 Å². The average molecular weight is 402 g/mol. The number of fused-ring (bicyclic) bond motifs is 1. The molecule has 0 aliphatic heterocycles.